The van der Waals surface area contributed by atoms with Crippen LogP contribution in [0.3, 0.4) is 0 Å². The summed E-state index contributed by atoms with van der Waals surface area (Å²) in [4.78, 5) is 48.4. The molecular formula is C14H9N3O5. The maximum atomic E-state index is 12.1. The van der Waals surface area contributed by atoms with Crippen LogP contribution in [0.25, 0.3) is 0 Å². The Bertz CT molecular complexity index is 755. The molecule has 0 radical (unpaired) electrons. The van der Waals surface area contributed by atoms with Gasteiger partial charge in [-0.25, -0.2) is 14.8 Å². The third-order valence-electron chi connectivity index (χ3n) is 2.99. The first-order valence-electron chi connectivity index (χ1n) is 6.18. The predicted molar refractivity (Wildman–Crippen MR) is 70.9 cm³/mol. The summed E-state index contributed by atoms with van der Waals surface area (Å²) in [5, 5.41) is 0.418. The fourth-order valence-electron chi connectivity index (χ4n) is 1.94. The highest BCUT2D eigenvalue weighted by atomic mass is 16.7. The SMILES string of the molecule is COc1cc(C(=O)ON2C(=O)c3ccccc3C2=O)ncn1. The zero-order valence-electron chi connectivity index (χ0n) is 11.3. The Morgan fingerprint density at radius 1 is 1.09 bits per heavy atom. The van der Waals surface area contributed by atoms with Crippen molar-refractivity contribution >= 4 is 17.8 Å². The molecule has 1 aromatic carbocycles. The molecule has 3 rings (SSSR count). The van der Waals surface area contributed by atoms with Gasteiger partial charge in [0.15, 0.2) is 5.69 Å². The number of hydrogen-bond donors (Lipinski definition) is 0. The Morgan fingerprint density at radius 2 is 1.73 bits per heavy atom. The molecule has 0 N–H and O–H groups in total. The van der Waals surface area contributed by atoms with Crippen LogP contribution in [0.15, 0.2) is 36.7 Å². The lowest BCUT2D eigenvalue weighted by molar-refractivity contribution is -0.0588. The minimum atomic E-state index is -0.963. The fraction of sp³-hybridized carbons (Fsp3) is 0.0714. The molecule has 0 atom stereocenters. The summed E-state index contributed by atoms with van der Waals surface area (Å²) in [7, 11) is 1.38. The smallest absolute Gasteiger partial charge is 0.382 e. The number of nitrogens with zero attached hydrogens (tertiary/aromatic N) is 3. The highest BCUT2D eigenvalue weighted by Crippen LogP contribution is 2.23. The number of hydroxylamine groups is 2. The summed E-state index contributed by atoms with van der Waals surface area (Å²) in [5.74, 6) is -2.20. The number of rotatable bonds is 3. The van der Waals surface area contributed by atoms with E-state index < -0.39 is 17.8 Å². The maximum absolute atomic E-state index is 12.1. The fourth-order valence-corrected chi connectivity index (χ4v) is 1.94. The lowest BCUT2D eigenvalue weighted by Gasteiger charge is -2.12. The van der Waals surface area contributed by atoms with Crippen LogP contribution in [0.5, 0.6) is 5.88 Å². The maximum Gasteiger partial charge on any atom is 0.382 e. The summed E-state index contributed by atoms with van der Waals surface area (Å²) < 4.78 is 4.86. The third kappa shape index (κ3) is 2.16. The molecule has 1 aromatic heterocycles. The molecular weight excluding hydrogens is 290 g/mol. The number of amides is 2. The van der Waals surface area contributed by atoms with Crippen molar-refractivity contribution in [3.05, 3.63) is 53.5 Å². The van der Waals surface area contributed by atoms with Gasteiger partial charge in [0.25, 0.3) is 11.8 Å². The number of hydrogen-bond acceptors (Lipinski definition) is 7. The second-order valence-corrected chi connectivity index (χ2v) is 4.27. The summed E-state index contributed by atoms with van der Waals surface area (Å²) in [6.45, 7) is 0. The van der Waals surface area contributed by atoms with Crippen molar-refractivity contribution in [3.8, 4) is 5.88 Å². The summed E-state index contributed by atoms with van der Waals surface area (Å²) in [5.41, 5.74) is 0.226. The highest BCUT2D eigenvalue weighted by molar-refractivity contribution is 6.21. The highest BCUT2D eigenvalue weighted by Gasteiger charge is 2.39. The van der Waals surface area contributed by atoms with Gasteiger partial charge in [0.1, 0.15) is 6.33 Å². The first kappa shape index (κ1) is 13.7. The average Bonchev–Trinajstić information content (AvgIpc) is 2.80. The monoisotopic (exact) mass is 299 g/mol. The van der Waals surface area contributed by atoms with E-state index in [1.54, 1.807) is 12.1 Å². The zero-order valence-corrected chi connectivity index (χ0v) is 11.3. The van der Waals surface area contributed by atoms with Gasteiger partial charge < -0.3 is 9.57 Å². The Morgan fingerprint density at radius 3 is 2.32 bits per heavy atom. The van der Waals surface area contributed by atoms with Gasteiger partial charge in [-0.15, -0.1) is 0 Å². The third-order valence-corrected chi connectivity index (χ3v) is 2.99. The molecule has 2 amide bonds. The lowest BCUT2D eigenvalue weighted by Crippen LogP contribution is -2.33. The standard InChI is InChI=1S/C14H9N3O5/c1-21-11-6-10(15-7-16-11)14(20)22-17-12(18)8-4-2-3-5-9(8)13(17)19/h2-7H,1H3. The number of methoxy groups -OCH3 is 1. The van der Waals surface area contributed by atoms with Gasteiger partial charge >= 0.3 is 5.97 Å². The minimum Gasteiger partial charge on any atom is -0.481 e. The van der Waals surface area contributed by atoms with Crippen LogP contribution < -0.4 is 4.74 Å². The van der Waals surface area contributed by atoms with Gasteiger partial charge in [0.05, 0.1) is 18.2 Å². The molecule has 0 aliphatic carbocycles. The van der Waals surface area contributed by atoms with Crippen LogP contribution in [0, 0.1) is 0 Å². The van der Waals surface area contributed by atoms with E-state index in [9.17, 15) is 14.4 Å². The second kappa shape index (κ2) is 5.24. The van der Waals surface area contributed by atoms with Gasteiger partial charge in [-0.05, 0) is 12.1 Å². The molecule has 0 unspecified atom stereocenters. The second-order valence-electron chi connectivity index (χ2n) is 4.27. The van der Waals surface area contributed by atoms with Crippen LogP contribution in [0.4, 0.5) is 0 Å². The Labute approximate surface area is 124 Å². The van der Waals surface area contributed by atoms with E-state index in [0.717, 1.165) is 6.33 Å². The molecule has 2 heterocycles. The Hall–Kier alpha value is -3.29. The molecule has 0 fully saturated rings. The van der Waals surface area contributed by atoms with Gasteiger partial charge in [-0.3, -0.25) is 9.59 Å². The molecule has 0 spiro atoms. The van der Waals surface area contributed by atoms with Crippen molar-refractivity contribution in [3.63, 3.8) is 0 Å². The van der Waals surface area contributed by atoms with Crippen LogP contribution in [-0.4, -0.2) is 39.9 Å². The van der Waals surface area contributed by atoms with Crippen molar-refractivity contribution in [1.29, 1.82) is 0 Å². The van der Waals surface area contributed by atoms with E-state index in [1.165, 1.54) is 25.3 Å². The van der Waals surface area contributed by atoms with Crippen LogP contribution >= 0.6 is 0 Å². The van der Waals surface area contributed by atoms with Crippen LogP contribution in [-0.2, 0) is 4.84 Å². The van der Waals surface area contributed by atoms with Gasteiger partial charge in [0, 0.05) is 6.07 Å². The van der Waals surface area contributed by atoms with Gasteiger partial charge in [-0.1, -0.05) is 17.2 Å². The van der Waals surface area contributed by atoms with E-state index in [2.05, 4.69) is 9.97 Å². The molecule has 22 heavy (non-hydrogen) atoms. The van der Waals surface area contributed by atoms with Crippen molar-refractivity contribution in [2.45, 2.75) is 0 Å². The van der Waals surface area contributed by atoms with E-state index in [0.29, 0.717) is 5.06 Å². The normalized spacial score (nSPS) is 13.0. The van der Waals surface area contributed by atoms with Crippen molar-refractivity contribution in [2.24, 2.45) is 0 Å². The number of benzene rings is 1. The first-order chi connectivity index (χ1) is 10.6. The molecule has 8 nitrogen and oxygen atoms in total. The van der Waals surface area contributed by atoms with E-state index in [1.807, 2.05) is 0 Å². The van der Waals surface area contributed by atoms with Gasteiger partial charge in [0.2, 0.25) is 5.88 Å². The van der Waals surface area contributed by atoms with E-state index in [-0.39, 0.29) is 22.7 Å². The molecule has 0 saturated heterocycles. The predicted octanol–water partition coefficient (Wildman–Crippen LogP) is 0.853. The van der Waals surface area contributed by atoms with Gasteiger partial charge in [-0.2, -0.15) is 0 Å². The topological polar surface area (TPSA) is 98.7 Å². The summed E-state index contributed by atoms with van der Waals surface area (Å²) in [6, 6.07) is 7.43. The molecule has 0 saturated carbocycles. The van der Waals surface area contributed by atoms with Crippen LogP contribution in [0.1, 0.15) is 31.2 Å². The minimum absolute atomic E-state index is 0.136. The summed E-state index contributed by atoms with van der Waals surface area (Å²) >= 11 is 0. The molecule has 110 valence electrons. The number of fused-ring (bicyclic) bond motifs is 1. The van der Waals surface area contributed by atoms with Crippen LogP contribution in [0.2, 0.25) is 0 Å². The lowest BCUT2D eigenvalue weighted by atomic mass is 10.1. The molecule has 1 aliphatic heterocycles. The number of carbonyl (C=O) groups excluding carboxylic acids is 3. The number of aromatic nitrogens is 2. The van der Waals surface area contributed by atoms with E-state index >= 15 is 0 Å². The molecule has 0 bridgehead atoms. The number of ether oxygens (including phenoxy) is 1. The Kier molecular flexibility index (Phi) is 3.26. The number of carbonyl (C=O) groups is 3. The van der Waals surface area contributed by atoms with Crippen molar-refractivity contribution in [2.75, 3.05) is 7.11 Å². The van der Waals surface area contributed by atoms with Crippen molar-refractivity contribution in [1.82, 2.24) is 15.0 Å². The zero-order chi connectivity index (χ0) is 15.7. The summed E-state index contributed by atoms with van der Waals surface area (Å²) in [6.07, 6.45) is 1.11. The molecule has 2 aromatic rings. The molecule has 8 heteroatoms. The number of imide groups is 1. The first-order valence-corrected chi connectivity index (χ1v) is 6.18. The molecule has 1 aliphatic rings. The van der Waals surface area contributed by atoms with Crippen molar-refractivity contribution < 1.29 is 24.0 Å². The quantitative estimate of drug-likeness (QED) is 0.775. The Balaban J connectivity index is 1.84. The van der Waals surface area contributed by atoms with E-state index in [4.69, 9.17) is 9.57 Å². The average molecular weight is 299 g/mol. The largest absolute Gasteiger partial charge is 0.481 e.